The number of fused-ring (bicyclic) bond motifs is 2. The Morgan fingerprint density at radius 2 is 2.35 bits per heavy atom. The van der Waals surface area contributed by atoms with Crippen LogP contribution in [0.1, 0.15) is 36.8 Å². The normalized spacial score (nSPS) is 28.8. The second-order valence-corrected chi connectivity index (χ2v) is 7.28. The summed E-state index contributed by atoms with van der Waals surface area (Å²) in [7, 11) is 0. The standard InChI is InChI=1S/C19H26N2O2/c22-18(19-8-2-1-3-16(19)12-20-13-19)21-9-6-14-4-5-17-15(11-14)7-10-23-17/h4-5,11,16,20H,1-3,6-10,12-13H2,(H,21,22)/t16-,19+/m0/s1. The molecule has 2 atom stereocenters. The lowest BCUT2D eigenvalue weighted by molar-refractivity contribution is -0.133. The maximum Gasteiger partial charge on any atom is 0.227 e. The van der Waals surface area contributed by atoms with Crippen molar-refractivity contribution in [2.24, 2.45) is 11.3 Å². The Morgan fingerprint density at radius 1 is 1.39 bits per heavy atom. The van der Waals surface area contributed by atoms with E-state index in [0.717, 1.165) is 51.3 Å². The summed E-state index contributed by atoms with van der Waals surface area (Å²) in [6, 6.07) is 6.42. The number of carbonyl (C=O) groups is 1. The van der Waals surface area contributed by atoms with Gasteiger partial charge in [0.1, 0.15) is 5.75 Å². The van der Waals surface area contributed by atoms with Gasteiger partial charge >= 0.3 is 0 Å². The fourth-order valence-electron chi connectivity index (χ4n) is 4.58. The smallest absolute Gasteiger partial charge is 0.227 e. The molecule has 0 radical (unpaired) electrons. The number of ether oxygens (including phenoxy) is 1. The number of benzene rings is 1. The number of rotatable bonds is 4. The van der Waals surface area contributed by atoms with Gasteiger partial charge in [-0.05, 0) is 48.9 Å². The molecule has 2 fully saturated rings. The zero-order valence-corrected chi connectivity index (χ0v) is 13.7. The predicted molar refractivity (Wildman–Crippen MR) is 89.6 cm³/mol. The lowest BCUT2D eigenvalue weighted by Gasteiger charge is -2.37. The topological polar surface area (TPSA) is 50.4 Å². The number of carbonyl (C=O) groups excluding carboxylic acids is 1. The molecule has 2 aliphatic heterocycles. The van der Waals surface area contributed by atoms with Crippen LogP contribution in [0.5, 0.6) is 5.75 Å². The fraction of sp³-hybridized carbons (Fsp3) is 0.632. The van der Waals surface area contributed by atoms with E-state index < -0.39 is 0 Å². The van der Waals surface area contributed by atoms with E-state index in [9.17, 15) is 4.79 Å². The van der Waals surface area contributed by atoms with Gasteiger partial charge in [0.25, 0.3) is 0 Å². The third-order valence-corrected chi connectivity index (χ3v) is 5.94. The van der Waals surface area contributed by atoms with Crippen molar-refractivity contribution in [3.8, 4) is 5.75 Å². The molecule has 4 heteroatoms. The van der Waals surface area contributed by atoms with E-state index in [0.29, 0.717) is 5.92 Å². The summed E-state index contributed by atoms with van der Waals surface area (Å²) in [5.41, 5.74) is 2.46. The number of hydrogen-bond donors (Lipinski definition) is 2. The first kappa shape index (κ1) is 15.0. The van der Waals surface area contributed by atoms with Crippen LogP contribution < -0.4 is 15.4 Å². The van der Waals surface area contributed by atoms with Gasteiger partial charge in [-0.15, -0.1) is 0 Å². The van der Waals surface area contributed by atoms with Crippen LogP contribution in [0.4, 0.5) is 0 Å². The Kier molecular flexibility index (Phi) is 4.02. The third-order valence-electron chi connectivity index (χ3n) is 5.94. The highest BCUT2D eigenvalue weighted by molar-refractivity contribution is 5.83. The van der Waals surface area contributed by atoms with Crippen molar-refractivity contribution in [3.05, 3.63) is 29.3 Å². The Morgan fingerprint density at radius 3 is 3.30 bits per heavy atom. The summed E-state index contributed by atoms with van der Waals surface area (Å²) in [6.45, 7) is 3.40. The van der Waals surface area contributed by atoms with Gasteiger partial charge in [-0.3, -0.25) is 4.79 Å². The van der Waals surface area contributed by atoms with Gasteiger partial charge in [0.05, 0.1) is 12.0 Å². The van der Waals surface area contributed by atoms with Crippen molar-refractivity contribution in [1.29, 1.82) is 0 Å². The molecular weight excluding hydrogens is 288 g/mol. The molecule has 1 aromatic carbocycles. The second kappa shape index (κ2) is 6.16. The van der Waals surface area contributed by atoms with Crippen molar-refractivity contribution in [2.45, 2.75) is 38.5 Å². The molecule has 0 aromatic heterocycles. The van der Waals surface area contributed by atoms with Crippen LogP contribution in [-0.4, -0.2) is 32.1 Å². The molecular formula is C19H26N2O2. The molecule has 0 bridgehead atoms. The van der Waals surface area contributed by atoms with E-state index in [2.05, 4.69) is 28.8 Å². The van der Waals surface area contributed by atoms with E-state index in [-0.39, 0.29) is 11.3 Å². The van der Waals surface area contributed by atoms with E-state index >= 15 is 0 Å². The minimum absolute atomic E-state index is 0.135. The monoisotopic (exact) mass is 314 g/mol. The zero-order chi connectivity index (χ0) is 15.7. The maximum atomic E-state index is 12.8. The number of hydrogen-bond acceptors (Lipinski definition) is 3. The van der Waals surface area contributed by atoms with Crippen LogP contribution in [0.2, 0.25) is 0 Å². The van der Waals surface area contributed by atoms with Crippen LogP contribution >= 0.6 is 0 Å². The predicted octanol–water partition coefficient (Wildman–Crippen LogP) is 2.06. The van der Waals surface area contributed by atoms with E-state index in [4.69, 9.17) is 4.74 Å². The quantitative estimate of drug-likeness (QED) is 0.894. The molecule has 2 N–H and O–H groups in total. The molecule has 1 amide bonds. The maximum absolute atomic E-state index is 12.8. The zero-order valence-electron chi connectivity index (χ0n) is 13.7. The lowest BCUT2D eigenvalue weighted by Crippen LogP contribution is -2.48. The molecule has 3 aliphatic rings. The van der Waals surface area contributed by atoms with Gasteiger partial charge in [0, 0.05) is 19.5 Å². The van der Waals surface area contributed by atoms with Gasteiger partial charge in [0.2, 0.25) is 5.91 Å². The van der Waals surface area contributed by atoms with Crippen LogP contribution in [0.3, 0.4) is 0 Å². The van der Waals surface area contributed by atoms with Crippen LogP contribution in [0, 0.1) is 11.3 Å². The summed E-state index contributed by atoms with van der Waals surface area (Å²) >= 11 is 0. The van der Waals surface area contributed by atoms with Crippen molar-refractivity contribution in [3.63, 3.8) is 0 Å². The van der Waals surface area contributed by atoms with Crippen molar-refractivity contribution < 1.29 is 9.53 Å². The molecule has 0 unspecified atom stereocenters. The average molecular weight is 314 g/mol. The molecule has 2 heterocycles. The summed E-state index contributed by atoms with van der Waals surface area (Å²) < 4.78 is 5.55. The highest BCUT2D eigenvalue weighted by atomic mass is 16.5. The lowest BCUT2D eigenvalue weighted by atomic mass is 9.67. The first-order chi connectivity index (χ1) is 11.3. The molecule has 1 aliphatic carbocycles. The molecule has 1 saturated carbocycles. The Hall–Kier alpha value is -1.55. The minimum atomic E-state index is -0.135. The minimum Gasteiger partial charge on any atom is -0.493 e. The highest BCUT2D eigenvalue weighted by Crippen LogP contribution is 2.43. The summed E-state index contributed by atoms with van der Waals surface area (Å²) in [5, 5.41) is 6.67. The Balaban J connectivity index is 1.35. The van der Waals surface area contributed by atoms with Crippen LogP contribution in [-0.2, 0) is 17.6 Å². The van der Waals surface area contributed by atoms with Crippen LogP contribution in [0.15, 0.2) is 18.2 Å². The summed E-state index contributed by atoms with van der Waals surface area (Å²) in [4.78, 5) is 12.8. The van der Waals surface area contributed by atoms with Gasteiger partial charge in [-0.1, -0.05) is 25.0 Å². The van der Waals surface area contributed by atoms with Gasteiger partial charge in [-0.2, -0.15) is 0 Å². The third kappa shape index (κ3) is 2.74. The van der Waals surface area contributed by atoms with E-state index in [1.165, 1.54) is 30.4 Å². The first-order valence-electron chi connectivity index (χ1n) is 9.02. The Bertz CT molecular complexity index is 601. The average Bonchev–Trinajstić information content (AvgIpc) is 3.21. The van der Waals surface area contributed by atoms with Gasteiger partial charge in [0.15, 0.2) is 0 Å². The highest BCUT2D eigenvalue weighted by Gasteiger charge is 2.49. The molecule has 124 valence electrons. The summed E-state index contributed by atoms with van der Waals surface area (Å²) in [6.07, 6.45) is 6.62. The second-order valence-electron chi connectivity index (χ2n) is 7.28. The van der Waals surface area contributed by atoms with Gasteiger partial charge in [-0.25, -0.2) is 0 Å². The SMILES string of the molecule is O=C(NCCc1ccc2c(c1)CCO2)[C@@]12CCCC[C@H]1CNC2. The van der Waals surface area contributed by atoms with Crippen LogP contribution in [0.25, 0.3) is 0 Å². The van der Waals surface area contributed by atoms with Gasteiger partial charge < -0.3 is 15.4 Å². The molecule has 23 heavy (non-hydrogen) atoms. The fourth-order valence-corrected chi connectivity index (χ4v) is 4.58. The number of amides is 1. The molecule has 1 aromatic rings. The first-order valence-corrected chi connectivity index (χ1v) is 9.02. The largest absolute Gasteiger partial charge is 0.493 e. The Labute approximate surface area is 138 Å². The molecule has 4 rings (SSSR count). The van der Waals surface area contributed by atoms with E-state index in [1.807, 2.05) is 0 Å². The molecule has 4 nitrogen and oxygen atoms in total. The molecule has 1 saturated heterocycles. The van der Waals surface area contributed by atoms with Crippen molar-refractivity contribution in [1.82, 2.24) is 10.6 Å². The molecule has 0 spiro atoms. The summed E-state index contributed by atoms with van der Waals surface area (Å²) in [5.74, 6) is 1.84. The van der Waals surface area contributed by atoms with E-state index in [1.54, 1.807) is 0 Å². The van der Waals surface area contributed by atoms with Crippen molar-refractivity contribution >= 4 is 5.91 Å². The van der Waals surface area contributed by atoms with Crippen molar-refractivity contribution in [2.75, 3.05) is 26.2 Å². The number of nitrogens with one attached hydrogen (secondary N) is 2.